The molecule has 3 nitrogen and oxygen atoms in total. The normalized spacial score (nSPS) is 12.2. The fourth-order valence-corrected chi connectivity index (χ4v) is 1.53. The smallest absolute Gasteiger partial charge is 0.118 e. The van der Waals surface area contributed by atoms with Crippen LogP contribution in [-0.4, -0.2) is 24.9 Å². The third-order valence-corrected chi connectivity index (χ3v) is 2.45. The third kappa shape index (κ3) is 5.22. The van der Waals surface area contributed by atoms with Crippen molar-refractivity contribution in [2.45, 2.75) is 19.1 Å². The predicted molar refractivity (Wildman–Crippen MR) is 68.3 cm³/mol. The van der Waals surface area contributed by atoms with Crippen LogP contribution in [0.4, 0.5) is 0 Å². The second kappa shape index (κ2) is 7.33. The van der Waals surface area contributed by atoms with Crippen LogP contribution in [0.25, 0.3) is 0 Å². The molecule has 1 unspecified atom stereocenters. The number of aliphatic hydroxyl groups excluding tert-OH is 1. The molecule has 0 bridgehead atoms. The quantitative estimate of drug-likeness (QED) is 0.815. The Labute approximate surface area is 107 Å². The van der Waals surface area contributed by atoms with Crippen molar-refractivity contribution in [2.75, 3.05) is 13.7 Å². The molecule has 0 aliphatic heterocycles. The minimum atomic E-state index is -0.304. The maximum Gasteiger partial charge on any atom is 0.118 e. The zero-order valence-electron chi connectivity index (χ0n) is 9.86. The first-order valence-corrected chi connectivity index (χ1v) is 5.72. The van der Waals surface area contributed by atoms with Gasteiger partial charge in [0.15, 0.2) is 0 Å². The van der Waals surface area contributed by atoms with E-state index in [1.54, 1.807) is 7.11 Å². The molecular formula is C13H17ClO3. The van der Waals surface area contributed by atoms with Crippen molar-refractivity contribution in [3.05, 3.63) is 41.4 Å². The first-order chi connectivity index (χ1) is 8.15. The van der Waals surface area contributed by atoms with E-state index in [4.69, 9.17) is 26.2 Å². The molecule has 94 valence electrons. The van der Waals surface area contributed by atoms with Gasteiger partial charge in [-0.3, -0.25) is 0 Å². The standard InChI is InChI=1S/C13H17ClO3/c1-10(14)7-13(8-15)17-9-11-3-5-12(16-2)6-4-11/h3-6,13,15H,1,7-9H2,2H3. The lowest BCUT2D eigenvalue weighted by Crippen LogP contribution is -2.17. The van der Waals surface area contributed by atoms with E-state index in [9.17, 15) is 0 Å². The molecule has 0 aliphatic rings. The Morgan fingerprint density at radius 3 is 2.53 bits per heavy atom. The Kier molecular flexibility index (Phi) is 6.05. The van der Waals surface area contributed by atoms with Crippen molar-refractivity contribution in [1.82, 2.24) is 0 Å². The number of hydrogen-bond donors (Lipinski definition) is 1. The lowest BCUT2D eigenvalue weighted by atomic mass is 10.2. The highest BCUT2D eigenvalue weighted by Gasteiger charge is 2.08. The number of hydrogen-bond acceptors (Lipinski definition) is 3. The second-order valence-electron chi connectivity index (χ2n) is 3.69. The summed E-state index contributed by atoms with van der Waals surface area (Å²) >= 11 is 5.67. The van der Waals surface area contributed by atoms with Crippen molar-refractivity contribution >= 4 is 11.6 Å². The Balaban J connectivity index is 2.44. The number of rotatable bonds is 7. The van der Waals surface area contributed by atoms with Gasteiger partial charge >= 0.3 is 0 Å². The summed E-state index contributed by atoms with van der Waals surface area (Å²) in [7, 11) is 1.62. The molecule has 0 saturated carbocycles. The van der Waals surface area contributed by atoms with E-state index in [1.807, 2.05) is 24.3 Å². The monoisotopic (exact) mass is 256 g/mol. The molecule has 1 N–H and O–H groups in total. The van der Waals surface area contributed by atoms with E-state index < -0.39 is 0 Å². The number of ether oxygens (including phenoxy) is 2. The van der Waals surface area contributed by atoms with Gasteiger partial charge in [0.05, 0.1) is 26.4 Å². The van der Waals surface area contributed by atoms with Gasteiger partial charge in [0.25, 0.3) is 0 Å². The minimum absolute atomic E-state index is 0.0676. The van der Waals surface area contributed by atoms with Gasteiger partial charge in [0.1, 0.15) is 5.75 Å². The Morgan fingerprint density at radius 2 is 2.06 bits per heavy atom. The van der Waals surface area contributed by atoms with E-state index in [1.165, 1.54) is 0 Å². The largest absolute Gasteiger partial charge is 0.497 e. The van der Waals surface area contributed by atoms with Crippen LogP contribution in [-0.2, 0) is 11.3 Å². The fraction of sp³-hybridized carbons (Fsp3) is 0.385. The van der Waals surface area contributed by atoms with Gasteiger partial charge in [-0.05, 0) is 17.7 Å². The van der Waals surface area contributed by atoms with Crippen LogP contribution < -0.4 is 4.74 Å². The van der Waals surface area contributed by atoms with Crippen molar-refractivity contribution in [3.8, 4) is 5.75 Å². The van der Waals surface area contributed by atoms with Gasteiger partial charge in [0, 0.05) is 11.5 Å². The van der Waals surface area contributed by atoms with Gasteiger partial charge in [-0.15, -0.1) is 0 Å². The summed E-state index contributed by atoms with van der Waals surface area (Å²) in [6, 6.07) is 7.58. The fourth-order valence-electron chi connectivity index (χ4n) is 1.36. The molecule has 0 aromatic heterocycles. The Bertz CT molecular complexity index is 348. The van der Waals surface area contributed by atoms with E-state index >= 15 is 0 Å². The van der Waals surface area contributed by atoms with Crippen molar-refractivity contribution < 1.29 is 14.6 Å². The maximum absolute atomic E-state index is 9.09. The topological polar surface area (TPSA) is 38.7 Å². The summed E-state index contributed by atoms with van der Waals surface area (Å²) in [5.74, 6) is 0.807. The highest BCUT2D eigenvalue weighted by atomic mass is 35.5. The molecular weight excluding hydrogens is 240 g/mol. The number of aliphatic hydroxyl groups is 1. The molecule has 1 aromatic rings. The number of halogens is 1. The van der Waals surface area contributed by atoms with Crippen molar-refractivity contribution in [1.29, 1.82) is 0 Å². The van der Waals surface area contributed by atoms with Gasteiger partial charge in [-0.1, -0.05) is 30.3 Å². The molecule has 0 radical (unpaired) electrons. The molecule has 0 amide bonds. The zero-order chi connectivity index (χ0) is 12.7. The number of benzene rings is 1. The Morgan fingerprint density at radius 1 is 1.41 bits per heavy atom. The van der Waals surface area contributed by atoms with E-state index in [2.05, 4.69) is 6.58 Å². The van der Waals surface area contributed by atoms with Crippen LogP contribution in [0.3, 0.4) is 0 Å². The molecule has 4 heteroatoms. The van der Waals surface area contributed by atoms with Crippen LogP contribution in [0.15, 0.2) is 35.9 Å². The maximum atomic E-state index is 9.09. The summed E-state index contributed by atoms with van der Waals surface area (Å²) in [5, 5.41) is 9.58. The van der Waals surface area contributed by atoms with E-state index in [0.29, 0.717) is 18.1 Å². The highest BCUT2D eigenvalue weighted by Crippen LogP contribution is 2.15. The van der Waals surface area contributed by atoms with Gasteiger partial charge in [-0.25, -0.2) is 0 Å². The summed E-state index contributed by atoms with van der Waals surface area (Å²) < 4.78 is 10.6. The average Bonchev–Trinajstić information content (AvgIpc) is 2.34. The van der Waals surface area contributed by atoms with Crippen LogP contribution in [0.1, 0.15) is 12.0 Å². The second-order valence-corrected chi connectivity index (χ2v) is 4.22. The minimum Gasteiger partial charge on any atom is -0.497 e. The molecule has 0 aliphatic carbocycles. The first-order valence-electron chi connectivity index (χ1n) is 5.34. The SMILES string of the molecule is C=C(Cl)CC(CO)OCc1ccc(OC)cc1. The summed E-state index contributed by atoms with van der Waals surface area (Å²) in [5.41, 5.74) is 1.02. The lowest BCUT2D eigenvalue weighted by molar-refractivity contribution is 0.00418. The predicted octanol–water partition coefficient (Wildman–Crippen LogP) is 2.72. The molecule has 0 spiro atoms. The summed E-state index contributed by atoms with van der Waals surface area (Å²) in [6.07, 6.45) is 0.149. The highest BCUT2D eigenvalue weighted by molar-refractivity contribution is 6.29. The van der Waals surface area contributed by atoms with Crippen molar-refractivity contribution in [3.63, 3.8) is 0 Å². The van der Waals surface area contributed by atoms with Crippen LogP contribution >= 0.6 is 11.6 Å². The first kappa shape index (κ1) is 14.0. The average molecular weight is 257 g/mol. The van der Waals surface area contributed by atoms with Gasteiger partial charge in [-0.2, -0.15) is 0 Å². The van der Waals surface area contributed by atoms with Crippen molar-refractivity contribution in [2.24, 2.45) is 0 Å². The van der Waals surface area contributed by atoms with Crippen LogP contribution in [0.5, 0.6) is 5.75 Å². The molecule has 1 atom stereocenters. The van der Waals surface area contributed by atoms with E-state index in [0.717, 1.165) is 11.3 Å². The van der Waals surface area contributed by atoms with Gasteiger partial charge < -0.3 is 14.6 Å². The van der Waals surface area contributed by atoms with Crippen LogP contribution in [0, 0.1) is 0 Å². The lowest BCUT2D eigenvalue weighted by Gasteiger charge is -2.14. The molecule has 0 heterocycles. The van der Waals surface area contributed by atoms with E-state index in [-0.39, 0.29) is 12.7 Å². The van der Waals surface area contributed by atoms with Crippen LogP contribution in [0.2, 0.25) is 0 Å². The molecule has 1 rings (SSSR count). The molecule has 17 heavy (non-hydrogen) atoms. The summed E-state index contributed by atoms with van der Waals surface area (Å²) in [4.78, 5) is 0. The third-order valence-electron chi connectivity index (χ3n) is 2.30. The van der Waals surface area contributed by atoms with Gasteiger partial charge in [0.2, 0.25) is 0 Å². The zero-order valence-corrected chi connectivity index (χ0v) is 10.6. The molecule has 1 aromatic carbocycles. The Hall–Kier alpha value is -1.03. The molecule has 0 fully saturated rings. The summed E-state index contributed by atoms with van der Waals surface area (Å²) in [6.45, 7) is 3.94. The molecule has 0 saturated heterocycles. The number of methoxy groups -OCH3 is 1.